The van der Waals surface area contributed by atoms with Gasteiger partial charge in [0.1, 0.15) is 10.7 Å². The number of ether oxygens (including phenoxy) is 1. The van der Waals surface area contributed by atoms with Crippen LogP contribution in [0.3, 0.4) is 0 Å². The standard InChI is InChI=1S/C23H22N6O3S/c1-13(2)32-22(31)20-14(3)27-23(33-20)29-19(30)11-17(6-8-24)28-21-18-10-15(12-25)4-5-16(18)7-9-26-21/h4-5,7,9-10,13,17H,6,11H2,1-3H3,(H,26,28)(H,27,29,30)/t17-/m1/s1. The van der Waals surface area contributed by atoms with Gasteiger partial charge in [-0.05, 0) is 44.4 Å². The van der Waals surface area contributed by atoms with Crippen LogP contribution in [-0.2, 0) is 9.53 Å². The maximum Gasteiger partial charge on any atom is 0.350 e. The van der Waals surface area contributed by atoms with Gasteiger partial charge < -0.3 is 15.4 Å². The number of nitriles is 2. The van der Waals surface area contributed by atoms with E-state index in [-0.39, 0.29) is 30.0 Å². The van der Waals surface area contributed by atoms with Gasteiger partial charge in [-0.3, -0.25) is 4.79 Å². The topological polar surface area (TPSA) is 141 Å². The second-order valence-corrected chi connectivity index (χ2v) is 8.55. The van der Waals surface area contributed by atoms with E-state index in [1.807, 2.05) is 12.1 Å². The van der Waals surface area contributed by atoms with Gasteiger partial charge in [-0.1, -0.05) is 17.4 Å². The number of aromatic nitrogens is 2. The Morgan fingerprint density at radius 3 is 2.73 bits per heavy atom. The zero-order chi connectivity index (χ0) is 24.0. The molecule has 0 fully saturated rings. The largest absolute Gasteiger partial charge is 0.459 e. The van der Waals surface area contributed by atoms with Gasteiger partial charge in [0.2, 0.25) is 5.91 Å². The summed E-state index contributed by atoms with van der Waals surface area (Å²) >= 11 is 1.04. The predicted octanol–water partition coefficient (Wildman–Crippen LogP) is 4.16. The highest BCUT2D eigenvalue weighted by molar-refractivity contribution is 7.17. The maximum absolute atomic E-state index is 12.6. The van der Waals surface area contributed by atoms with Crippen molar-refractivity contribution in [1.29, 1.82) is 10.5 Å². The van der Waals surface area contributed by atoms with E-state index in [2.05, 4.69) is 32.7 Å². The normalized spacial score (nSPS) is 11.5. The van der Waals surface area contributed by atoms with Crippen molar-refractivity contribution in [2.24, 2.45) is 0 Å². The molecule has 0 aliphatic rings. The van der Waals surface area contributed by atoms with E-state index in [1.165, 1.54) is 0 Å². The first kappa shape index (κ1) is 23.6. The lowest BCUT2D eigenvalue weighted by molar-refractivity contribution is -0.116. The van der Waals surface area contributed by atoms with Crippen molar-refractivity contribution in [3.63, 3.8) is 0 Å². The highest BCUT2D eigenvalue weighted by Crippen LogP contribution is 2.26. The van der Waals surface area contributed by atoms with Crippen LogP contribution in [0.2, 0.25) is 0 Å². The van der Waals surface area contributed by atoms with Crippen molar-refractivity contribution < 1.29 is 14.3 Å². The van der Waals surface area contributed by atoms with Crippen LogP contribution in [0.1, 0.15) is 47.6 Å². The third-order valence-corrected chi connectivity index (χ3v) is 5.63. The van der Waals surface area contributed by atoms with E-state index in [9.17, 15) is 20.1 Å². The van der Waals surface area contributed by atoms with Crippen LogP contribution in [-0.4, -0.2) is 34.0 Å². The van der Waals surface area contributed by atoms with Crippen molar-refractivity contribution in [3.8, 4) is 12.1 Å². The number of amides is 1. The zero-order valence-electron chi connectivity index (χ0n) is 18.4. The summed E-state index contributed by atoms with van der Waals surface area (Å²) in [7, 11) is 0. The molecule has 1 amide bonds. The van der Waals surface area contributed by atoms with E-state index in [1.54, 1.807) is 39.1 Å². The number of benzene rings is 1. The molecule has 0 radical (unpaired) electrons. The molecule has 10 heteroatoms. The number of thiazole rings is 1. The van der Waals surface area contributed by atoms with E-state index >= 15 is 0 Å². The Balaban J connectivity index is 1.73. The molecule has 1 atom stereocenters. The summed E-state index contributed by atoms with van der Waals surface area (Å²) < 4.78 is 5.20. The number of carbonyl (C=O) groups excluding carboxylic acids is 2. The summed E-state index contributed by atoms with van der Waals surface area (Å²) in [5.41, 5.74) is 0.958. The average Bonchev–Trinajstić information content (AvgIpc) is 3.13. The van der Waals surface area contributed by atoms with Gasteiger partial charge in [0, 0.05) is 24.0 Å². The van der Waals surface area contributed by atoms with Crippen LogP contribution >= 0.6 is 11.3 Å². The van der Waals surface area contributed by atoms with Crippen LogP contribution < -0.4 is 10.6 Å². The minimum Gasteiger partial charge on any atom is -0.459 e. The van der Waals surface area contributed by atoms with Gasteiger partial charge in [-0.25, -0.2) is 14.8 Å². The highest BCUT2D eigenvalue weighted by atomic mass is 32.1. The Bertz CT molecular complexity index is 1270. The fourth-order valence-electron chi connectivity index (χ4n) is 3.13. The monoisotopic (exact) mass is 462 g/mol. The van der Waals surface area contributed by atoms with Crippen molar-refractivity contribution in [3.05, 3.63) is 46.6 Å². The lowest BCUT2D eigenvalue weighted by Gasteiger charge is -2.17. The first-order valence-corrected chi connectivity index (χ1v) is 11.0. The van der Waals surface area contributed by atoms with E-state index < -0.39 is 12.0 Å². The molecule has 1 aromatic carbocycles. The molecule has 3 aromatic rings. The fourth-order valence-corrected chi connectivity index (χ4v) is 4.00. The number of nitrogens with one attached hydrogen (secondary N) is 2. The molecule has 2 aromatic heterocycles. The van der Waals surface area contributed by atoms with Gasteiger partial charge in [0.05, 0.1) is 35.9 Å². The highest BCUT2D eigenvalue weighted by Gasteiger charge is 2.21. The van der Waals surface area contributed by atoms with E-state index in [0.717, 1.165) is 22.1 Å². The molecular formula is C23H22N6O3S. The molecule has 2 N–H and O–H groups in total. The van der Waals surface area contributed by atoms with E-state index in [0.29, 0.717) is 22.0 Å². The average molecular weight is 463 g/mol. The third-order valence-electron chi connectivity index (χ3n) is 4.58. The van der Waals surface area contributed by atoms with Gasteiger partial charge in [0.15, 0.2) is 5.13 Å². The molecule has 2 heterocycles. The summed E-state index contributed by atoms with van der Waals surface area (Å²) in [6.45, 7) is 5.18. The molecule has 0 bridgehead atoms. The number of hydrogen-bond donors (Lipinski definition) is 2. The van der Waals surface area contributed by atoms with Gasteiger partial charge in [-0.2, -0.15) is 10.5 Å². The minimum absolute atomic E-state index is 0.0199. The summed E-state index contributed by atoms with van der Waals surface area (Å²) in [4.78, 5) is 33.7. The van der Waals surface area contributed by atoms with Crippen LogP contribution in [0.5, 0.6) is 0 Å². The van der Waals surface area contributed by atoms with Crippen LogP contribution in [0.25, 0.3) is 10.8 Å². The van der Waals surface area contributed by atoms with Crippen LogP contribution in [0.4, 0.5) is 10.9 Å². The second-order valence-electron chi connectivity index (χ2n) is 7.55. The lowest BCUT2D eigenvalue weighted by atomic mass is 10.1. The quantitative estimate of drug-likeness (QED) is 0.475. The minimum atomic E-state index is -0.523. The Morgan fingerprint density at radius 1 is 1.24 bits per heavy atom. The van der Waals surface area contributed by atoms with Crippen LogP contribution in [0, 0.1) is 29.6 Å². The molecule has 0 saturated heterocycles. The van der Waals surface area contributed by atoms with E-state index in [4.69, 9.17) is 4.74 Å². The van der Waals surface area contributed by atoms with Crippen molar-refractivity contribution in [2.45, 2.75) is 45.8 Å². The molecule has 168 valence electrons. The SMILES string of the molecule is Cc1nc(NC(=O)C[C@@H](CC#N)Nc2nccc3ccc(C#N)cc23)sc1C(=O)OC(C)C. The van der Waals surface area contributed by atoms with Crippen molar-refractivity contribution >= 4 is 44.9 Å². The van der Waals surface area contributed by atoms with Crippen molar-refractivity contribution in [1.82, 2.24) is 9.97 Å². The molecular weight excluding hydrogens is 440 g/mol. The molecule has 0 spiro atoms. The first-order chi connectivity index (χ1) is 15.8. The first-order valence-electron chi connectivity index (χ1n) is 10.2. The fraction of sp³-hybridized carbons (Fsp3) is 0.304. The summed E-state index contributed by atoms with van der Waals surface area (Å²) in [6, 6.07) is 10.7. The number of anilines is 2. The number of pyridine rings is 1. The summed E-state index contributed by atoms with van der Waals surface area (Å²) in [5, 5.41) is 26.2. The Labute approximate surface area is 195 Å². The van der Waals surface area contributed by atoms with Crippen molar-refractivity contribution in [2.75, 3.05) is 10.6 Å². The number of fused-ring (bicyclic) bond motifs is 1. The number of esters is 1. The lowest BCUT2D eigenvalue weighted by Crippen LogP contribution is -2.26. The van der Waals surface area contributed by atoms with Gasteiger partial charge in [-0.15, -0.1) is 0 Å². The molecule has 0 saturated carbocycles. The van der Waals surface area contributed by atoms with Gasteiger partial charge in [0.25, 0.3) is 0 Å². The molecule has 0 unspecified atom stereocenters. The number of aryl methyl sites for hydroxylation is 1. The smallest absolute Gasteiger partial charge is 0.350 e. The predicted molar refractivity (Wildman–Crippen MR) is 125 cm³/mol. The zero-order valence-corrected chi connectivity index (χ0v) is 19.2. The molecule has 0 aliphatic carbocycles. The Kier molecular flexibility index (Phi) is 7.54. The molecule has 3 rings (SSSR count). The summed E-state index contributed by atoms with van der Waals surface area (Å²) in [5.74, 6) is -0.358. The number of nitrogens with zero attached hydrogens (tertiary/aromatic N) is 4. The molecule has 9 nitrogen and oxygen atoms in total. The summed E-state index contributed by atoms with van der Waals surface area (Å²) in [6.07, 6.45) is 1.40. The number of carbonyl (C=O) groups is 2. The third kappa shape index (κ3) is 6.03. The Hall–Kier alpha value is -4.02. The van der Waals surface area contributed by atoms with Crippen LogP contribution in [0.15, 0.2) is 30.5 Å². The maximum atomic E-state index is 12.6. The molecule has 0 aliphatic heterocycles. The number of hydrogen-bond acceptors (Lipinski definition) is 9. The second kappa shape index (κ2) is 10.5. The molecule has 33 heavy (non-hydrogen) atoms. The number of rotatable bonds is 8. The Morgan fingerprint density at radius 2 is 2.03 bits per heavy atom. The van der Waals surface area contributed by atoms with Gasteiger partial charge >= 0.3 is 5.97 Å².